The highest BCUT2D eigenvalue weighted by molar-refractivity contribution is 5.83. The molecule has 1 aromatic rings. The van der Waals surface area contributed by atoms with E-state index in [1.807, 2.05) is 7.05 Å². The second-order valence-corrected chi connectivity index (χ2v) is 5.77. The topological polar surface area (TPSA) is 41.1 Å². The van der Waals surface area contributed by atoms with Gasteiger partial charge in [0.15, 0.2) is 0 Å². The van der Waals surface area contributed by atoms with Crippen molar-refractivity contribution in [3.05, 3.63) is 34.9 Å². The van der Waals surface area contributed by atoms with Crippen LogP contribution < -0.4 is 10.6 Å². The van der Waals surface area contributed by atoms with Crippen LogP contribution in [0.1, 0.15) is 36.0 Å². The molecule has 19 heavy (non-hydrogen) atoms. The summed E-state index contributed by atoms with van der Waals surface area (Å²) >= 11 is 0. The Morgan fingerprint density at radius 2 is 2.00 bits per heavy atom. The van der Waals surface area contributed by atoms with Gasteiger partial charge in [-0.2, -0.15) is 0 Å². The summed E-state index contributed by atoms with van der Waals surface area (Å²) in [5.41, 5.74) is 3.59. The Morgan fingerprint density at radius 1 is 1.26 bits per heavy atom. The first-order chi connectivity index (χ1) is 9.07. The summed E-state index contributed by atoms with van der Waals surface area (Å²) in [5.74, 6) is 0.200. The second kappa shape index (κ2) is 5.74. The van der Waals surface area contributed by atoms with Gasteiger partial charge in [-0.05, 0) is 50.4 Å². The van der Waals surface area contributed by atoms with Gasteiger partial charge in [0.05, 0.1) is 5.41 Å². The number of benzene rings is 1. The van der Waals surface area contributed by atoms with Crippen LogP contribution in [0.25, 0.3) is 0 Å². The van der Waals surface area contributed by atoms with Gasteiger partial charge in [-0.1, -0.05) is 24.6 Å². The molecule has 0 saturated heterocycles. The highest BCUT2D eigenvalue weighted by Crippen LogP contribution is 2.40. The van der Waals surface area contributed by atoms with Crippen LogP contribution in [0.15, 0.2) is 18.2 Å². The van der Waals surface area contributed by atoms with Gasteiger partial charge in [0.25, 0.3) is 0 Å². The van der Waals surface area contributed by atoms with Crippen LogP contribution in [-0.4, -0.2) is 19.5 Å². The zero-order valence-corrected chi connectivity index (χ0v) is 12.2. The molecular weight excluding hydrogens is 236 g/mol. The highest BCUT2D eigenvalue weighted by atomic mass is 16.2. The van der Waals surface area contributed by atoms with Crippen molar-refractivity contribution in [3.63, 3.8) is 0 Å². The first-order valence-corrected chi connectivity index (χ1v) is 7.06. The Morgan fingerprint density at radius 3 is 2.53 bits per heavy atom. The molecule has 0 aromatic heterocycles. The van der Waals surface area contributed by atoms with Crippen LogP contribution in [0, 0.1) is 19.3 Å². The van der Waals surface area contributed by atoms with Crippen LogP contribution >= 0.6 is 0 Å². The molecule has 2 rings (SSSR count). The van der Waals surface area contributed by atoms with E-state index in [-0.39, 0.29) is 11.3 Å². The first kappa shape index (κ1) is 14.1. The summed E-state index contributed by atoms with van der Waals surface area (Å²) < 4.78 is 0. The van der Waals surface area contributed by atoms with Gasteiger partial charge in [-0.25, -0.2) is 0 Å². The summed E-state index contributed by atoms with van der Waals surface area (Å²) in [6.45, 7) is 5.63. The number of carbonyl (C=O) groups is 1. The van der Waals surface area contributed by atoms with Crippen LogP contribution in [0.2, 0.25) is 0 Å². The first-order valence-electron chi connectivity index (χ1n) is 7.06. The molecule has 0 spiro atoms. The minimum Gasteiger partial charge on any atom is -0.352 e. The Balaban J connectivity index is 1.94. The number of nitrogens with one attached hydrogen (secondary N) is 2. The van der Waals surface area contributed by atoms with Crippen molar-refractivity contribution in [2.24, 2.45) is 5.41 Å². The molecule has 1 fully saturated rings. The summed E-state index contributed by atoms with van der Waals surface area (Å²) in [7, 11) is 1.91. The highest BCUT2D eigenvalue weighted by Gasteiger charge is 2.43. The second-order valence-electron chi connectivity index (χ2n) is 5.77. The van der Waals surface area contributed by atoms with Crippen LogP contribution in [0.3, 0.4) is 0 Å². The Hall–Kier alpha value is -1.35. The fraction of sp³-hybridized carbons (Fsp3) is 0.562. The monoisotopic (exact) mass is 260 g/mol. The van der Waals surface area contributed by atoms with E-state index < -0.39 is 0 Å². The largest absolute Gasteiger partial charge is 0.352 e. The molecule has 1 saturated carbocycles. The molecule has 1 aromatic carbocycles. The van der Waals surface area contributed by atoms with E-state index in [0.717, 1.165) is 19.4 Å². The maximum atomic E-state index is 12.3. The Kier molecular flexibility index (Phi) is 4.25. The number of carbonyl (C=O) groups excluding carboxylic acids is 1. The fourth-order valence-corrected chi connectivity index (χ4v) is 2.71. The molecule has 3 heteroatoms. The molecular formula is C16H24N2O. The van der Waals surface area contributed by atoms with E-state index in [1.54, 1.807) is 0 Å². The van der Waals surface area contributed by atoms with E-state index in [9.17, 15) is 4.79 Å². The van der Waals surface area contributed by atoms with Gasteiger partial charge in [0.2, 0.25) is 5.91 Å². The zero-order chi connectivity index (χ0) is 13.9. The lowest BCUT2D eigenvalue weighted by atomic mass is 9.68. The minimum atomic E-state index is -0.158. The lowest BCUT2D eigenvalue weighted by Gasteiger charge is -2.40. The van der Waals surface area contributed by atoms with Crippen molar-refractivity contribution in [1.82, 2.24) is 10.6 Å². The number of hydrogen-bond donors (Lipinski definition) is 2. The number of aryl methyl sites for hydroxylation is 2. The third-order valence-electron chi connectivity index (χ3n) is 4.33. The van der Waals surface area contributed by atoms with Gasteiger partial charge >= 0.3 is 0 Å². The molecule has 1 amide bonds. The molecule has 0 bridgehead atoms. The maximum absolute atomic E-state index is 12.3. The molecule has 2 N–H and O–H groups in total. The lowest BCUT2D eigenvalue weighted by molar-refractivity contribution is -0.135. The van der Waals surface area contributed by atoms with Crippen molar-refractivity contribution < 1.29 is 4.79 Å². The Bertz CT molecular complexity index is 464. The smallest absolute Gasteiger partial charge is 0.227 e. The minimum absolute atomic E-state index is 0.158. The quantitative estimate of drug-likeness (QED) is 0.853. The average molecular weight is 260 g/mol. The normalized spacial score (nSPS) is 16.8. The Labute approximate surface area is 115 Å². The average Bonchev–Trinajstić information content (AvgIpc) is 2.35. The molecule has 104 valence electrons. The zero-order valence-electron chi connectivity index (χ0n) is 12.2. The molecule has 0 radical (unpaired) electrons. The molecule has 1 aliphatic rings. The van der Waals surface area contributed by atoms with Crippen molar-refractivity contribution in [1.29, 1.82) is 0 Å². The molecule has 3 nitrogen and oxygen atoms in total. The van der Waals surface area contributed by atoms with E-state index >= 15 is 0 Å². The SMILES string of the molecule is CNCC1(C(=O)NCc2ccc(C)c(C)c2)CCC1. The van der Waals surface area contributed by atoms with Gasteiger partial charge in [0.1, 0.15) is 0 Å². The van der Waals surface area contributed by atoms with E-state index in [1.165, 1.54) is 23.1 Å². The van der Waals surface area contributed by atoms with Gasteiger partial charge in [-0.15, -0.1) is 0 Å². The summed E-state index contributed by atoms with van der Waals surface area (Å²) in [6.07, 6.45) is 3.18. The molecule has 0 aliphatic heterocycles. The van der Waals surface area contributed by atoms with Gasteiger partial charge in [-0.3, -0.25) is 4.79 Å². The summed E-state index contributed by atoms with van der Waals surface area (Å²) in [5, 5.41) is 6.24. The van der Waals surface area contributed by atoms with Crippen molar-refractivity contribution in [2.75, 3.05) is 13.6 Å². The lowest BCUT2D eigenvalue weighted by Crippen LogP contribution is -2.50. The summed E-state index contributed by atoms with van der Waals surface area (Å²) in [4.78, 5) is 12.3. The van der Waals surface area contributed by atoms with Crippen molar-refractivity contribution in [2.45, 2.75) is 39.7 Å². The molecule has 0 unspecified atom stereocenters. The fourth-order valence-electron chi connectivity index (χ4n) is 2.71. The predicted octanol–water partition coefficient (Wildman–Crippen LogP) is 2.31. The van der Waals surface area contributed by atoms with Crippen LogP contribution in [0.5, 0.6) is 0 Å². The van der Waals surface area contributed by atoms with Gasteiger partial charge in [0, 0.05) is 13.1 Å². The van der Waals surface area contributed by atoms with E-state index in [0.29, 0.717) is 6.54 Å². The number of rotatable bonds is 5. The summed E-state index contributed by atoms with van der Waals surface area (Å²) in [6, 6.07) is 6.36. The van der Waals surface area contributed by atoms with Crippen molar-refractivity contribution >= 4 is 5.91 Å². The van der Waals surface area contributed by atoms with Crippen LogP contribution in [0.4, 0.5) is 0 Å². The number of amides is 1. The standard InChI is InChI=1S/C16H24N2O/c1-12-5-6-14(9-13(12)2)10-18-15(19)16(11-17-3)7-4-8-16/h5-6,9,17H,4,7-8,10-11H2,1-3H3,(H,18,19). The molecule has 0 atom stereocenters. The molecule has 0 heterocycles. The van der Waals surface area contributed by atoms with Gasteiger partial charge < -0.3 is 10.6 Å². The maximum Gasteiger partial charge on any atom is 0.227 e. The third-order valence-corrected chi connectivity index (χ3v) is 4.33. The van der Waals surface area contributed by atoms with Crippen LogP contribution in [-0.2, 0) is 11.3 Å². The van der Waals surface area contributed by atoms with E-state index in [2.05, 4.69) is 42.7 Å². The van der Waals surface area contributed by atoms with E-state index in [4.69, 9.17) is 0 Å². The van der Waals surface area contributed by atoms with Crippen molar-refractivity contribution in [3.8, 4) is 0 Å². The predicted molar refractivity (Wildman–Crippen MR) is 78.0 cm³/mol. The number of hydrogen-bond acceptors (Lipinski definition) is 2. The molecule has 1 aliphatic carbocycles. The third kappa shape index (κ3) is 2.98.